The predicted octanol–water partition coefficient (Wildman–Crippen LogP) is 1.61. The van der Waals surface area contributed by atoms with Crippen LogP contribution in [-0.2, 0) is 14.3 Å². The molecule has 0 aromatic carbocycles. The van der Waals surface area contributed by atoms with Crippen LogP contribution in [0.1, 0.15) is 47.5 Å². The van der Waals surface area contributed by atoms with Gasteiger partial charge in [0.15, 0.2) is 0 Å². The third-order valence-corrected chi connectivity index (χ3v) is 3.84. The maximum absolute atomic E-state index is 12.0. The number of rotatable bonds is 3. The number of ether oxygens (including phenoxy) is 1. The minimum absolute atomic E-state index is 0.229. The molecule has 0 aliphatic carbocycles. The highest BCUT2D eigenvalue weighted by molar-refractivity contribution is 5.86. The van der Waals surface area contributed by atoms with E-state index in [0.29, 0.717) is 25.9 Å². The molecule has 126 valence electrons. The summed E-state index contributed by atoms with van der Waals surface area (Å²) in [7, 11) is 0. The molecule has 1 heterocycles. The second-order valence-electron chi connectivity index (χ2n) is 6.93. The van der Waals surface area contributed by atoms with Crippen LogP contribution in [0.5, 0.6) is 0 Å². The van der Waals surface area contributed by atoms with Gasteiger partial charge in [-0.1, -0.05) is 0 Å². The van der Waals surface area contributed by atoms with Crippen LogP contribution in [-0.4, -0.2) is 52.2 Å². The van der Waals surface area contributed by atoms with E-state index in [1.54, 1.807) is 25.7 Å². The number of likely N-dealkylation sites (tertiary alicyclic amines) is 1. The molecule has 0 aromatic rings. The molecule has 22 heavy (non-hydrogen) atoms. The van der Waals surface area contributed by atoms with Crippen LogP contribution in [0, 0.1) is 5.92 Å². The maximum Gasteiger partial charge on any atom is 0.410 e. The number of carboxylic acids is 1. The van der Waals surface area contributed by atoms with E-state index in [0.717, 1.165) is 0 Å². The lowest BCUT2D eigenvalue weighted by atomic mass is 9.79. The van der Waals surface area contributed by atoms with Crippen LogP contribution in [0.25, 0.3) is 0 Å². The quantitative estimate of drug-likeness (QED) is 0.825. The summed E-state index contributed by atoms with van der Waals surface area (Å²) < 4.78 is 5.31. The molecule has 1 rings (SSSR count). The number of hydrogen-bond donors (Lipinski definition) is 2. The Kier molecular flexibility index (Phi) is 5.43. The summed E-state index contributed by atoms with van der Waals surface area (Å²) in [6, 6.07) is 0. The number of amides is 2. The standard InChI is InChI=1S/C15H26N2O5/c1-10(18)16-15(5,12(19)20)11-6-8-17(9-7-11)13(21)22-14(2,3)4/h11H,6-9H2,1-5H3,(H,16,18)(H,19,20)/t15-/m0/s1. The number of hydrogen-bond acceptors (Lipinski definition) is 4. The van der Waals surface area contributed by atoms with Crippen molar-refractivity contribution >= 4 is 18.0 Å². The van der Waals surface area contributed by atoms with Crippen molar-refractivity contribution in [3.63, 3.8) is 0 Å². The summed E-state index contributed by atoms with van der Waals surface area (Å²) in [5.74, 6) is -1.66. The van der Waals surface area contributed by atoms with Crippen molar-refractivity contribution < 1.29 is 24.2 Å². The van der Waals surface area contributed by atoms with Crippen LogP contribution in [0.2, 0.25) is 0 Å². The molecule has 1 atom stereocenters. The number of piperidine rings is 1. The zero-order chi connectivity index (χ0) is 17.1. The molecular formula is C15H26N2O5. The van der Waals surface area contributed by atoms with Crippen molar-refractivity contribution in [3.8, 4) is 0 Å². The first-order valence-corrected chi connectivity index (χ1v) is 7.46. The Morgan fingerprint density at radius 1 is 1.14 bits per heavy atom. The molecule has 2 N–H and O–H groups in total. The fourth-order valence-corrected chi connectivity index (χ4v) is 2.66. The third kappa shape index (κ3) is 4.61. The van der Waals surface area contributed by atoms with Crippen LogP contribution in [0.15, 0.2) is 0 Å². The molecule has 1 aliphatic rings. The predicted molar refractivity (Wildman–Crippen MR) is 80.4 cm³/mol. The van der Waals surface area contributed by atoms with Crippen molar-refractivity contribution in [2.24, 2.45) is 5.92 Å². The second kappa shape index (κ2) is 6.54. The Balaban J connectivity index is 2.69. The lowest BCUT2D eigenvalue weighted by Gasteiger charge is -2.40. The highest BCUT2D eigenvalue weighted by atomic mass is 16.6. The smallest absolute Gasteiger partial charge is 0.410 e. The molecule has 7 nitrogen and oxygen atoms in total. The van der Waals surface area contributed by atoms with E-state index in [4.69, 9.17) is 4.74 Å². The summed E-state index contributed by atoms with van der Waals surface area (Å²) in [6.07, 6.45) is 0.618. The van der Waals surface area contributed by atoms with Gasteiger partial charge in [0.2, 0.25) is 5.91 Å². The average Bonchev–Trinajstić information content (AvgIpc) is 2.35. The summed E-state index contributed by atoms with van der Waals surface area (Å²) in [6.45, 7) is 9.06. The third-order valence-electron chi connectivity index (χ3n) is 3.84. The van der Waals surface area contributed by atoms with E-state index in [1.807, 2.05) is 0 Å². The monoisotopic (exact) mass is 314 g/mol. The molecule has 1 aliphatic heterocycles. The van der Waals surface area contributed by atoms with E-state index < -0.39 is 17.1 Å². The van der Waals surface area contributed by atoms with E-state index in [-0.39, 0.29) is 17.9 Å². The second-order valence-corrected chi connectivity index (χ2v) is 6.93. The Hall–Kier alpha value is -1.79. The van der Waals surface area contributed by atoms with Crippen LogP contribution in [0.4, 0.5) is 4.79 Å². The topological polar surface area (TPSA) is 95.9 Å². The van der Waals surface area contributed by atoms with Gasteiger partial charge in [-0.05, 0) is 46.5 Å². The minimum Gasteiger partial charge on any atom is -0.480 e. The molecule has 0 radical (unpaired) electrons. The summed E-state index contributed by atoms with van der Waals surface area (Å²) in [5.41, 5.74) is -1.87. The molecule has 0 saturated carbocycles. The molecule has 1 saturated heterocycles. The van der Waals surface area contributed by atoms with E-state index >= 15 is 0 Å². The molecular weight excluding hydrogens is 288 g/mol. The average molecular weight is 314 g/mol. The van der Waals surface area contributed by atoms with Gasteiger partial charge in [0.25, 0.3) is 0 Å². The number of aliphatic carboxylic acids is 1. The van der Waals surface area contributed by atoms with Crippen molar-refractivity contribution in [2.75, 3.05) is 13.1 Å². The van der Waals surface area contributed by atoms with Gasteiger partial charge in [0.1, 0.15) is 11.1 Å². The Labute approximate surface area is 131 Å². The van der Waals surface area contributed by atoms with Gasteiger partial charge < -0.3 is 20.1 Å². The zero-order valence-corrected chi connectivity index (χ0v) is 13.9. The fourth-order valence-electron chi connectivity index (χ4n) is 2.66. The van der Waals surface area contributed by atoms with Gasteiger partial charge in [-0.25, -0.2) is 9.59 Å². The van der Waals surface area contributed by atoms with Gasteiger partial charge in [-0.15, -0.1) is 0 Å². The van der Waals surface area contributed by atoms with Gasteiger partial charge >= 0.3 is 12.1 Å². The number of carboxylic acid groups (broad SMARTS) is 1. The lowest BCUT2D eigenvalue weighted by Crippen LogP contribution is -2.59. The number of carbonyl (C=O) groups excluding carboxylic acids is 2. The van der Waals surface area contributed by atoms with Crippen LogP contribution < -0.4 is 5.32 Å². The molecule has 0 bridgehead atoms. The molecule has 0 aromatic heterocycles. The Morgan fingerprint density at radius 3 is 2.00 bits per heavy atom. The number of nitrogens with zero attached hydrogens (tertiary/aromatic N) is 1. The van der Waals surface area contributed by atoms with Crippen molar-refractivity contribution in [3.05, 3.63) is 0 Å². The van der Waals surface area contributed by atoms with E-state index in [1.165, 1.54) is 13.8 Å². The van der Waals surface area contributed by atoms with Gasteiger partial charge in [-0.3, -0.25) is 4.79 Å². The zero-order valence-electron chi connectivity index (χ0n) is 13.9. The summed E-state index contributed by atoms with van der Waals surface area (Å²) >= 11 is 0. The molecule has 0 spiro atoms. The van der Waals surface area contributed by atoms with E-state index in [9.17, 15) is 19.5 Å². The lowest BCUT2D eigenvalue weighted by molar-refractivity contribution is -0.150. The van der Waals surface area contributed by atoms with Gasteiger partial charge in [0.05, 0.1) is 0 Å². The van der Waals surface area contributed by atoms with Crippen molar-refractivity contribution in [1.82, 2.24) is 10.2 Å². The number of carbonyl (C=O) groups is 3. The van der Waals surface area contributed by atoms with Crippen molar-refractivity contribution in [1.29, 1.82) is 0 Å². The molecule has 0 unspecified atom stereocenters. The summed E-state index contributed by atoms with van der Waals surface area (Å²) in [5, 5.41) is 12.0. The van der Waals surface area contributed by atoms with Crippen LogP contribution in [0.3, 0.4) is 0 Å². The van der Waals surface area contributed by atoms with Crippen molar-refractivity contribution in [2.45, 2.75) is 58.6 Å². The largest absolute Gasteiger partial charge is 0.480 e. The van der Waals surface area contributed by atoms with Crippen LogP contribution >= 0.6 is 0 Å². The molecule has 7 heteroatoms. The molecule has 2 amide bonds. The fraction of sp³-hybridized carbons (Fsp3) is 0.800. The summed E-state index contributed by atoms with van der Waals surface area (Å²) in [4.78, 5) is 36.4. The highest BCUT2D eigenvalue weighted by Crippen LogP contribution is 2.29. The Morgan fingerprint density at radius 2 is 1.64 bits per heavy atom. The molecule has 1 fully saturated rings. The Bertz CT molecular complexity index is 449. The van der Waals surface area contributed by atoms with Gasteiger partial charge in [-0.2, -0.15) is 0 Å². The number of nitrogens with one attached hydrogen (secondary N) is 1. The maximum atomic E-state index is 12.0. The normalized spacial score (nSPS) is 19.2. The SMILES string of the molecule is CC(=O)N[C@](C)(C(=O)O)C1CCN(C(=O)OC(C)(C)C)CC1. The first-order valence-electron chi connectivity index (χ1n) is 7.46. The van der Waals surface area contributed by atoms with Gasteiger partial charge in [0, 0.05) is 20.0 Å². The first-order chi connectivity index (χ1) is 9.95. The highest BCUT2D eigenvalue weighted by Gasteiger charge is 2.44. The first kappa shape index (κ1) is 18.3. The van der Waals surface area contributed by atoms with E-state index in [2.05, 4.69) is 5.32 Å². The minimum atomic E-state index is -1.31.